The van der Waals surface area contributed by atoms with Gasteiger partial charge in [0.05, 0.1) is 33.6 Å². The molecule has 0 fully saturated rings. The van der Waals surface area contributed by atoms with Crippen molar-refractivity contribution in [2.24, 2.45) is 0 Å². The van der Waals surface area contributed by atoms with Crippen LogP contribution >= 0.6 is 27.5 Å². The lowest BCUT2D eigenvalue weighted by Crippen LogP contribution is -2.29. The van der Waals surface area contributed by atoms with Crippen molar-refractivity contribution in [2.75, 3.05) is 0 Å². The Morgan fingerprint density at radius 1 is 1.48 bits per heavy atom. The molecule has 23 heavy (non-hydrogen) atoms. The maximum Gasteiger partial charge on any atom is 0.283 e. The predicted molar refractivity (Wildman–Crippen MR) is 84.4 cm³/mol. The van der Waals surface area contributed by atoms with E-state index in [0.717, 1.165) is 10.2 Å². The van der Waals surface area contributed by atoms with Crippen molar-refractivity contribution in [3.05, 3.63) is 32.8 Å². The highest BCUT2D eigenvalue weighted by Crippen LogP contribution is 2.28. The van der Waals surface area contributed by atoms with Crippen LogP contribution in [0.3, 0.4) is 0 Å². The van der Waals surface area contributed by atoms with Gasteiger partial charge in [-0.2, -0.15) is 10.2 Å². The summed E-state index contributed by atoms with van der Waals surface area (Å²) in [4.78, 5) is 12.0. The average Bonchev–Trinajstić information content (AvgIpc) is 2.99. The first-order chi connectivity index (χ1) is 10.8. The fourth-order valence-corrected chi connectivity index (χ4v) is 2.71. The first-order valence-electron chi connectivity index (χ1n) is 6.83. The van der Waals surface area contributed by atoms with Crippen molar-refractivity contribution in [3.8, 4) is 0 Å². The molecule has 0 aromatic carbocycles. The number of hydrogen-bond acceptors (Lipinski definition) is 3. The molecule has 1 N–H and O–H groups in total. The number of aryl methyl sites for hydroxylation is 1. The third-order valence-electron chi connectivity index (χ3n) is 3.31. The van der Waals surface area contributed by atoms with E-state index < -0.39 is 12.1 Å². The summed E-state index contributed by atoms with van der Waals surface area (Å²) >= 11 is 9.16. The van der Waals surface area contributed by atoms with Crippen LogP contribution in [0.5, 0.6) is 0 Å². The molecule has 0 aliphatic carbocycles. The van der Waals surface area contributed by atoms with Gasteiger partial charge in [-0.15, -0.1) is 0 Å². The van der Waals surface area contributed by atoms with Crippen LogP contribution in [0.2, 0.25) is 5.02 Å². The third kappa shape index (κ3) is 3.89. The number of amides is 1. The maximum absolute atomic E-state index is 12.7. The van der Waals surface area contributed by atoms with E-state index in [4.69, 9.17) is 11.6 Å². The number of halogens is 4. The average molecular weight is 411 g/mol. The minimum absolute atomic E-state index is 0.111. The van der Waals surface area contributed by atoms with Crippen LogP contribution in [-0.2, 0) is 24.4 Å². The van der Waals surface area contributed by atoms with Crippen LogP contribution < -0.4 is 5.32 Å². The molecule has 6 nitrogen and oxygen atoms in total. The molecule has 126 valence electrons. The predicted octanol–water partition coefficient (Wildman–Crippen LogP) is 3.08. The maximum atomic E-state index is 12.7. The third-order valence-corrected chi connectivity index (χ3v) is 4.44. The summed E-state index contributed by atoms with van der Waals surface area (Å²) in [6.45, 7) is 4.23. The van der Waals surface area contributed by atoms with E-state index in [1.54, 1.807) is 10.9 Å². The normalized spacial score (nSPS) is 11.3. The fourth-order valence-electron chi connectivity index (χ4n) is 2.05. The lowest BCUT2D eigenvalue weighted by Gasteiger charge is -2.09. The van der Waals surface area contributed by atoms with Gasteiger partial charge in [0.15, 0.2) is 0 Å². The standard InChI is InChI=1S/C13H15BrClF2N5O/c1-3-21-9(8(14)4-19-21)5-18-10(23)6-22-7(2)11(15)12(20-22)13(16)17/h4,13H,3,5-6H2,1-2H3,(H,18,23). The second-order valence-corrected chi connectivity index (χ2v) is 6.01. The SMILES string of the molecule is CCn1ncc(Br)c1CNC(=O)Cn1nc(C(F)F)c(Cl)c1C. The Kier molecular flexibility index (Phi) is 5.74. The zero-order valence-corrected chi connectivity index (χ0v) is 14.8. The molecule has 0 aliphatic heterocycles. The van der Waals surface area contributed by atoms with Gasteiger partial charge in [0.25, 0.3) is 6.43 Å². The second-order valence-electron chi connectivity index (χ2n) is 4.77. The Bertz CT molecular complexity index is 716. The molecular weight excluding hydrogens is 396 g/mol. The van der Waals surface area contributed by atoms with Gasteiger partial charge in [0.2, 0.25) is 5.91 Å². The van der Waals surface area contributed by atoms with Gasteiger partial charge in [-0.3, -0.25) is 14.2 Å². The van der Waals surface area contributed by atoms with Gasteiger partial charge in [0, 0.05) is 6.54 Å². The summed E-state index contributed by atoms with van der Waals surface area (Å²) < 4.78 is 29.2. The summed E-state index contributed by atoms with van der Waals surface area (Å²) in [6.07, 6.45) is -1.13. The van der Waals surface area contributed by atoms with E-state index in [1.807, 2.05) is 6.92 Å². The summed E-state index contributed by atoms with van der Waals surface area (Å²) in [5, 5.41) is 10.4. The van der Waals surface area contributed by atoms with E-state index in [9.17, 15) is 13.6 Å². The number of alkyl halides is 2. The molecule has 0 atom stereocenters. The smallest absolute Gasteiger partial charge is 0.283 e. The minimum Gasteiger partial charge on any atom is -0.349 e. The van der Waals surface area contributed by atoms with Gasteiger partial charge < -0.3 is 5.32 Å². The van der Waals surface area contributed by atoms with E-state index in [1.165, 1.54) is 11.6 Å². The molecule has 2 heterocycles. The Morgan fingerprint density at radius 3 is 2.74 bits per heavy atom. The number of aromatic nitrogens is 4. The molecule has 2 rings (SSSR count). The quantitative estimate of drug-likeness (QED) is 0.796. The molecule has 1 amide bonds. The highest BCUT2D eigenvalue weighted by molar-refractivity contribution is 9.10. The Labute approximate surface area is 144 Å². The highest BCUT2D eigenvalue weighted by atomic mass is 79.9. The van der Waals surface area contributed by atoms with Crippen LogP contribution in [0.4, 0.5) is 8.78 Å². The van der Waals surface area contributed by atoms with Gasteiger partial charge in [-0.05, 0) is 29.8 Å². The van der Waals surface area contributed by atoms with Gasteiger partial charge >= 0.3 is 0 Å². The lowest BCUT2D eigenvalue weighted by molar-refractivity contribution is -0.122. The van der Waals surface area contributed by atoms with Crippen LogP contribution in [-0.4, -0.2) is 25.5 Å². The molecule has 0 bridgehead atoms. The Hall–Kier alpha value is -1.48. The largest absolute Gasteiger partial charge is 0.349 e. The molecule has 0 saturated carbocycles. The van der Waals surface area contributed by atoms with Gasteiger partial charge in [-0.25, -0.2) is 8.78 Å². The van der Waals surface area contributed by atoms with E-state index in [2.05, 4.69) is 31.4 Å². The molecule has 0 saturated heterocycles. The molecular formula is C13H15BrClF2N5O. The lowest BCUT2D eigenvalue weighted by atomic mass is 10.3. The first kappa shape index (κ1) is 17.9. The molecule has 0 aliphatic rings. The van der Waals surface area contributed by atoms with E-state index >= 15 is 0 Å². The molecule has 0 spiro atoms. The zero-order chi connectivity index (χ0) is 17.1. The molecule has 10 heteroatoms. The van der Waals surface area contributed by atoms with Gasteiger partial charge in [0.1, 0.15) is 12.2 Å². The monoisotopic (exact) mass is 409 g/mol. The highest BCUT2D eigenvalue weighted by Gasteiger charge is 2.21. The number of nitrogens with zero attached hydrogens (tertiary/aromatic N) is 4. The van der Waals surface area contributed by atoms with Crippen molar-refractivity contribution >= 4 is 33.4 Å². The molecule has 2 aromatic rings. The van der Waals surface area contributed by atoms with E-state index in [0.29, 0.717) is 12.2 Å². The number of rotatable bonds is 6. The van der Waals surface area contributed by atoms with Gasteiger partial charge in [-0.1, -0.05) is 11.6 Å². The van der Waals surface area contributed by atoms with E-state index in [-0.39, 0.29) is 24.0 Å². The van der Waals surface area contributed by atoms with Crippen molar-refractivity contribution in [1.29, 1.82) is 0 Å². The number of nitrogens with one attached hydrogen (secondary N) is 1. The van der Waals surface area contributed by atoms with Crippen molar-refractivity contribution in [2.45, 2.75) is 39.9 Å². The first-order valence-corrected chi connectivity index (χ1v) is 8.00. The summed E-state index contributed by atoms with van der Waals surface area (Å²) in [7, 11) is 0. The van der Waals surface area contributed by atoms with Crippen LogP contribution in [0.15, 0.2) is 10.7 Å². The van der Waals surface area contributed by atoms with Crippen LogP contribution in [0.25, 0.3) is 0 Å². The number of carbonyl (C=O) groups excluding carboxylic acids is 1. The summed E-state index contributed by atoms with van der Waals surface area (Å²) in [6, 6.07) is 0. The van der Waals surface area contributed by atoms with Crippen LogP contribution in [0, 0.1) is 6.92 Å². The van der Waals surface area contributed by atoms with Crippen LogP contribution in [0.1, 0.15) is 30.4 Å². The van der Waals surface area contributed by atoms with Crippen molar-refractivity contribution in [3.63, 3.8) is 0 Å². The molecule has 0 unspecified atom stereocenters. The fraction of sp³-hybridized carbons (Fsp3) is 0.462. The topological polar surface area (TPSA) is 64.7 Å². The van der Waals surface area contributed by atoms with Crippen molar-refractivity contribution < 1.29 is 13.6 Å². The Balaban J connectivity index is 2.03. The number of carbonyl (C=O) groups is 1. The van der Waals surface area contributed by atoms with Crippen molar-refractivity contribution in [1.82, 2.24) is 24.9 Å². The summed E-state index contributed by atoms with van der Waals surface area (Å²) in [5.41, 5.74) is 0.644. The minimum atomic E-state index is -2.78. The molecule has 0 radical (unpaired) electrons. The zero-order valence-electron chi connectivity index (χ0n) is 12.5. The second kappa shape index (κ2) is 7.39. The Morgan fingerprint density at radius 2 is 2.17 bits per heavy atom. The molecule has 2 aromatic heterocycles. The number of hydrogen-bond donors (Lipinski definition) is 1. The summed E-state index contributed by atoms with van der Waals surface area (Å²) in [5.74, 6) is -0.358.